The third-order valence-corrected chi connectivity index (χ3v) is 3.79. The molecule has 0 aromatic heterocycles. The molecule has 0 saturated carbocycles. The van der Waals surface area contributed by atoms with Gasteiger partial charge in [0, 0.05) is 25.7 Å². The topological polar surface area (TPSA) is 15.7 Å². The van der Waals surface area contributed by atoms with E-state index in [-0.39, 0.29) is 0 Å². The standard InChI is InChI=1S/C15H32N2O/c1-6-7-8-14-15(18-10-9-17(14)5)12-16(4)11-13(2)3/h13-15H,6-12H2,1-5H3/t14-,15-/m1/s1. The van der Waals surface area contributed by atoms with E-state index in [1.165, 1.54) is 19.3 Å². The maximum atomic E-state index is 6.03. The van der Waals surface area contributed by atoms with Gasteiger partial charge >= 0.3 is 0 Å². The van der Waals surface area contributed by atoms with Gasteiger partial charge in [-0.15, -0.1) is 0 Å². The molecule has 0 N–H and O–H groups in total. The van der Waals surface area contributed by atoms with Crippen LogP contribution in [0.1, 0.15) is 40.0 Å². The van der Waals surface area contributed by atoms with E-state index in [1.54, 1.807) is 0 Å². The summed E-state index contributed by atoms with van der Waals surface area (Å²) in [5, 5.41) is 0. The van der Waals surface area contributed by atoms with Crippen molar-refractivity contribution in [2.45, 2.75) is 52.2 Å². The summed E-state index contributed by atoms with van der Waals surface area (Å²) in [5.41, 5.74) is 0. The molecule has 0 aromatic rings. The molecule has 0 radical (unpaired) electrons. The summed E-state index contributed by atoms with van der Waals surface area (Å²) in [4.78, 5) is 4.92. The second-order valence-corrected chi connectivity index (χ2v) is 6.21. The van der Waals surface area contributed by atoms with Crippen LogP contribution in [0.5, 0.6) is 0 Å². The molecule has 1 saturated heterocycles. The van der Waals surface area contributed by atoms with E-state index >= 15 is 0 Å². The first-order valence-electron chi connectivity index (χ1n) is 7.55. The van der Waals surface area contributed by atoms with E-state index in [1.807, 2.05) is 0 Å². The monoisotopic (exact) mass is 256 g/mol. The van der Waals surface area contributed by atoms with Gasteiger partial charge < -0.3 is 9.64 Å². The van der Waals surface area contributed by atoms with E-state index in [0.717, 1.165) is 32.2 Å². The predicted molar refractivity (Wildman–Crippen MR) is 78.0 cm³/mol. The Hall–Kier alpha value is -0.120. The normalized spacial score (nSPS) is 26.2. The molecule has 1 fully saturated rings. The number of morpholine rings is 1. The van der Waals surface area contributed by atoms with Gasteiger partial charge in [-0.1, -0.05) is 33.6 Å². The van der Waals surface area contributed by atoms with Gasteiger partial charge in [-0.25, -0.2) is 0 Å². The van der Waals surface area contributed by atoms with Crippen molar-refractivity contribution in [2.24, 2.45) is 5.92 Å². The lowest BCUT2D eigenvalue weighted by Crippen LogP contribution is -2.53. The van der Waals surface area contributed by atoms with Crippen LogP contribution in [0.2, 0.25) is 0 Å². The van der Waals surface area contributed by atoms with Crippen LogP contribution in [0.25, 0.3) is 0 Å². The highest BCUT2D eigenvalue weighted by Gasteiger charge is 2.30. The minimum absolute atomic E-state index is 0.388. The molecule has 1 rings (SSSR count). The zero-order valence-corrected chi connectivity index (χ0v) is 13.0. The Morgan fingerprint density at radius 1 is 1.39 bits per heavy atom. The van der Waals surface area contributed by atoms with E-state index in [2.05, 4.69) is 44.7 Å². The first-order valence-corrected chi connectivity index (χ1v) is 7.55. The summed E-state index contributed by atoms with van der Waals surface area (Å²) in [6, 6.07) is 0.605. The minimum Gasteiger partial charge on any atom is -0.374 e. The van der Waals surface area contributed by atoms with Crippen LogP contribution in [-0.2, 0) is 4.74 Å². The van der Waals surface area contributed by atoms with Crippen LogP contribution in [-0.4, -0.2) is 62.3 Å². The second kappa shape index (κ2) is 8.13. The molecule has 1 heterocycles. The van der Waals surface area contributed by atoms with Crippen molar-refractivity contribution in [3.8, 4) is 0 Å². The summed E-state index contributed by atoms with van der Waals surface area (Å²) in [6.07, 6.45) is 4.24. The summed E-state index contributed by atoms with van der Waals surface area (Å²) in [5.74, 6) is 0.727. The highest BCUT2D eigenvalue weighted by molar-refractivity contribution is 4.84. The van der Waals surface area contributed by atoms with Gasteiger partial charge in [-0.3, -0.25) is 4.90 Å². The fourth-order valence-corrected chi connectivity index (χ4v) is 2.91. The molecule has 0 aliphatic carbocycles. The van der Waals surface area contributed by atoms with Gasteiger partial charge in [0.15, 0.2) is 0 Å². The van der Waals surface area contributed by atoms with Crippen LogP contribution in [0.4, 0.5) is 0 Å². The van der Waals surface area contributed by atoms with Crippen molar-refractivity contribution in [3.05, 3.63) is 0 Å². The third-order valence-electron chi connectivity index (χ3n) is 3.79. The zero-order valence-electron chi connectivity index (χ0n) is 13.0. The van der Waals surface area contributed by atoms with Gasteiger partial charge in [0.25, 0.3) is 0 Å². The number of rotatable bonds is 7. The molecule has 0 unspecified atom stereocenters. The first kappa shape index (κ1) is 15.9. The fourth-order valence-electron chi connectivity index (χ4n) is 2.91. The molecular weight excluding hydrogens is 224 g/mol. The van der Waals surface area contributed by atoms with Crippen LogP contribution in [0.3, 0.4) is 0 Å². The van der Waals surface area contributed by atoms with Crippen molar-refractivity contribution < 1.29 is 4.74 Å². The fraction of sp³-hybridized carbons (Fsp3) is 1.00. The summed E-state index contributed by atoms with van der Waals surface area (Å²) in [6.45, 7) is 11.0. The lowest BCUT2D eigenvalue weighted by molar-refractivity contribution is -0.0752. The minimum atomic E-state index is 0.388. The molecule has 3 heteroatoms. The van der Waals surface area contributed by atoms with Gasteiger partial charge in [0.05, 0.1) is 12.7 Å². The van der Waals surface area contributed by atoms with Crippen molar-refractivity contribution in [1.82, 2.24) is 9.80 Å². The largest absolute Gasteiger partial charge is 0.374 e. The number of ether oxygens (including phenoxy) is 1. The summed E-state index contributed by atoms with van der Waals surface area (Å²) >= 11 is 0. The molecule has 0 amide bonds. The van der Waals surface area contributed by atoms with Gasteiger partial charge in [-0.05, 0) is 26.4 Å². The molecule has 0 spiro atoms. The molecule has 0 bridgehead atoms. The number of nitrogens with zero attached hydrogens (tertiary/aromatic N) is 2. The Labute approximate surface area is 113 Å². The van der Waals surface area contributed by atoms with Crippen LogP contribution in [0, 0.1) is 5.92 Å². The van der Waals surface area contributed by atoms with Gasteiger partial charge in [0.2, 0.25) is 0 Å². The van der Waals surface area contributed by atoms with Gasteiger partial charge in [-0.2, -0.15) is 0 Å². The average molecular weight is 256 g/mol. The maximum absolute atomic E-state index is 6.03. The lowest BCUT2D eigenvalue weighted by Gasteiger charge is -2.41. The molecule has 0 aromatic carbocycles. The molecular formula is C15H32N2O. The molecule has 1 aliphatic heterocycles. The second-order valence-electron chi connectivity index (χ2n) is 6.21. The van der Waals surface area contributed by atoms with Gasteiger partial charge in [0.1, 0.15) is 0 Å². The first-order chi connectivity index (χ1) is 8.54. The Balaban J connectivity index is 2.48. The Bertz CT molecular complexity index is 221. The summed E-state index contributed by atoms with van der Waals surface area (Å²) in [7, 11) is 4.47. The highest BCUT2D eigenvalue weighted by Crippen LogP contribution is 2.19. The summed E-state index contributed by atoms with van der Waals surface area (Å²) < 4.78 is 6.03. The molecule has 2 atom stereocenters. The average Bonchev–Trinajstić information content (AvgIpc) is 2.27. The van der Waals surface area contributed by atoms with E-state index in [9.17, 15) is 0 Å². The van der Waals surface area contributed by atoms with Crippen LogP contribution < -0.4 is 0 Å². The molecule has 3 nitrogen and oxygen atoms in total. The Morgan fingerprint density at radius 3 is 2.72 bits per heavy atom. The van der Waals surface area contributed by atoms with E-state index in [0.29, 0.717) is 12.1 Å². The number of hydrogen-bond acceptors (Lipinski definition) is 3. The van der Waals surface area contributed by atoms with Crippen molar-refractivity contribution in [2.75, 3.05) is 40.3 Å². The predicted octanol–water partition coefficient (Wildman–Crippen LogP) is 2.46. The quantitative estimate of drug-likeness (QED) is 0.696. The molecule has 18 heavy (non-hydrogen) atoms. The Morgan fingerprint density at radius 2 is 2.11 bits per heavy atom. The SMILES string of the molecule is CCCC[C@@H]1[C@@H](CN(C)CC(C)C)OCCN1C. The van der Waals surface area contributed by atoms with Crippen LogP contribution in [0.15, 0.2) is 0 Å². The Kier molecular flexibility index (Phi) is 7.20. The highest BCUT2D eigenvalue weighted by atomic mass is 16.5. The number of unbranched alkanes of at least 4 members (excludes halogenated alkanes) is 1. The smallest absolute Gasteiger partial charge is 0.0857 e. The lowest BCUT2D eigenvalue weighted by atomic mass is 10.0. The van der Waals surface area contributed by atoms with E-state index in [4.69, 9.17) is 4.74 Å². The molecule has 1 aliphatic rings. The third kappa shape index (κ3) is 5.25. The van der Waals surface area contributed by atoms with E-state index < -0.39 is 0 Å². The maximum Gasteiger partial charge on any atom is 0.0857 e. The van der Waals surface area contributed by atoms with Crippen molar-refractivity contribution in [1.29, 1.82) is 0 Å². The molecule has 108 valence electrons. The van der Waals surface area contributed by atoms with Crippen molar-refractivity contribution >= 4 is 0 Å². The number of hydrogen-bond donors (Lipinski definition) is 0. The zero-order chi connectivity index (χ0) is 13.5. The van der Waals surface area contributed by atoms with Crippen molar-refractivity contribution in [3.63, 3.8) is 0 Å². The van der Waals surface area contributed by atoms with Crippen LogP contribution >= 0.6 is 0 Å². The number of likely N-dealkylation sites (N-methyl/N-ethyl adjacent to an activating group) is 2.